The summed E-state index contributed by atoms with van der Waals surface area (Å²) in [6.45, 7) is 4.50. The monoisotopic (exact) mass is 480 g/mol. The highest BCUT2D eigenvalue weighted by Gasteiger charge is 2.45. The molecule has 1 aromatic carbocycles. The lowest BCUT2D eigenvalue weighted by Gasteiger charge is -2.38. The minimum Gasteiger partial charge on any atom is -0.465 e. The zero-order valence-electron chi connectivity index (χ0n) is 20.0. The summed E-state index contributed by atoms with van der Waals surface area (Å²) >= 11 is 0. The van der Waals surface area contributed by atoms with Crippen LogP contribution in [0.4, 0.5) is 10.5 Å². The number of imide groups is 1. The first-order valence-electron chi connectivity index (χ1n) is 12.7. The van der Waals surface area contributed by atoms with Crippen molar-refractivity contribution in [3.05, 3.63) is 23.9 Å². The first-order valence-corrected chi connectivity index (χ1v) is 12.7. The molecule has 2 bridgehead atoms. The molecule has 4 aliphatic rings. The second-order valence-corrected chi connectivity index (χ2v) is 10.5. The van der Waals surface area contributed by atoms with Crippen molar-refractivity contribution >= 4 is 34.5 Å². The fraction of sp³-hybridized carbons (Fsp3) is 0.600. The summed E-state index contributed by atoms with van der Waals surface area (Å²) in [5, 5.41) is 17.5. The Labute approximate surface area is 203 Å². The van der Waals surface area contributed by atoms with E-state index in [0.29, 0.717) is 31.3 Å². The van der Waals surface area contributed by atoms with Crippen LogP contribution >= 0.6 is 0 Å². The number of nitrogens with one attached hydrogen (secondary N) is 1. The van der Waals surface area contributed by atoms with Gasteiger partial charge in [0.2, 0.25) is 11.8 Å². The summed E-state index contributed by atoms with van der Waals surface area (Å²) in [5.41, 5.74) is 2.94. The van der Waals surface area contributed by atoms with Crippen LogP contribution in [0.5, 0.6) is 0 Å². The maximum atomic E-state index is 12.5. The third kappa shape index (κ3) is 3.84. The summed E-state index contributed by atoms with van der Waals surface area (Å²) < 4.78 is 1.88. The second-order valence-electron chi connectivity index (χ2n) is 10.5. The number of piperidine rings is 2. The SMILES string of the molecule is Cn1nc(C2CCC(=O)NC2=O)c2cccc(N3CCC(CN4C[C@@H]5C[C@H]4CN5C(=O)O)CC3)c21. The fourth-order valence-electron chi connectivity index (χ4n) is 6.71. The molecule has 1 aromatic heterocycles. The smallest absolute Gasteiger partial charge is 0.407 e. The van der Waals surface area contributed by atoms with Crippen molar-refractivity contribution in [3.8, 4) is 0 Å². The number of para-hydroxylation sites is 1. The van der Waals surface area contributed by atoms with Gasteiger partial charge in [0.1, 0.15) is 0 Å². The van der Waals surface area contributed by atoms with Gasteiger partial charge in [-0.05, 0) is 37.7 Å². The van der Waals surface area contributed by atoms with Gasteiger partial charge in [-0.2, -0.15) is 5.10 Å². The molecule has 0 radical (unpaired) electrons. The zero-order chi connectivity index (χ0) is 24.3. The van der Waals surface area contributed by atoms with Gasteiger partial charge in [-0.25, -0.2) is 4.79 Å². The molecule has 10 heteroatoms. The largest absolute Gasteiger partial charge is 0.465 e. The third-order valence-corrected chi connectivity index (χ3v) is 8.49. The van der Waals surface area contributed by atoms with E-state index in [0.717, 1.165) is 67.7 Å². The van der Waals surface area contributed by atoms with E-state index in [1.165, 1.54) is 0 Å². The van der Waals surface area contributed by atoms with Crippen molar-refractivity contribution in [1.29, 1.82) is 0 Å². The van der Waals surface area contributed by atoms with Gasteiger partial charge in [0.05, 0.1) is 22.8 Å². The highest BCUT2D eigenvalue weighted by atomic mass is 16.4. The van der Waals surface area contributed by atoms with Crippen LogP contribution in [-0.2, 0) is 16.6 Å². The topological polar surface area (TPSA) is 111 Å². The number of fused-ring (bicyclic) bond motifs is 3. The standard InChI is InChI=1S/C25H32N6O4/c1-28-23-18(22(27-28)19-5-6-21(32)26-24(19)33)3-2-4-20(23)29-9-7-15(8-10-29)12-30-13-17-11-16(30)14-31(17)25(34)35/h2-4,15-17,19H,5-14H2,1H3,(H,34,35)(H,26,32,33)/t16-,17-,19?/m0/s1. The molecule has 0 aliphatic carbocycles. The maximum absolute atomic E-state index is 12.5. The van der Waals surface area contributed by atoms with E-state index in [1.807, 2.05) is 23.9 Å². The Morgan fingerprint density at radius 3 is 2.63 bits per heavy atom. The number of rotatable bonds is 4. The van der Waals surface area contributed by atoms with Crippen LogP contribution < -0.4 is 10.2 Å². The highest BCUT2D eigenvalue weighted by Crippen LogP contribution is 2.37. The molecule has 4 aliphatic heterocycles. The number of carbonyl (C=O) groups is 3. The average Bonchev–Trinajstić information content (AvgIpc) is 3.53. The van der Waals surface area contributed by atoms with Crippen LogP contribution in [-0.4, -0.2) is 87.4 Å². The molecule has 5 heterocycles. The number of aryl methyl sites for hydroxylation is 1. The number of benzene rings is 1. The maximum Gasteiger partial charge on any atom is 0.407 e. The van der Waals surface area contributed by atoms with Gasteiger partial charge < -0.3 is 14.9 Å². The summed E-state index contributed by atoms with van der Waals surface area (Å²) in [6, 6.07) is 6.75. The number of hydrogen-bond acceptors (Lipinski definition) is 6. The number of hydrogen-bond donors (Lipinski definition) is 2. The molecule has 4 saturated heterocycles. The average molecular weight is 481 g/mol. The van der Waals surface area contributed by atoms with E-state index in [-0.39, 0.29) is 17.9 Å². The van der Waals surface area contributed by atoms with Crippen molar-refractivity contribution < 1.29 is 19.5 Å². The Kier molecular flexibility index (Phi) is 5.43. The second kappa shape index (κ2) is 8.51. The minimum absolute atomic E-state index is 0.165. The quantitative estimate of drug-likeness (QED) is 0.642. The molecule has 1 unspecified atom stereocenters. The Bertz CT molecular complexity index is 1190. The van der Waals surface area contributed by atoms with Gasteiger partial charge in [-0.3, -0.25) is 24.5 Å². The number of nitrogens with zero attached hydrogens (tertiary/aromatic N) is 5. The van der Waals surface area contributed by atoms with Crippen LogP contribution in [0.1, 0.15) is 43.7 Å². The predicted molar refractivity (Wildman–Crippen MR) is 129 cm³/mol. The van der Waals surface area contributed by atoms with E-state index in [2.05, 4.69) is 21.2 Å². The van der Waals surface area contributed by atoms with Gasteiger partial charge in [-0.15, -0.1) is 0 Å². The van der Waals surface area contributed by atoms with E-state index < -0.39 is 12.0 Å². The molecule has 10 nitrogen and oxygen atoms in total. The number of aromatic nitrogens is 2. The highest BCUT2D eigenvalue weighted by molar-refractivity contribution is 6.03. The molecular weight excluding hydrogens is 448 g/mol. The van der Waals surface area contributed by atoms with Crippen molar-refractivity contribution in [2.24, 2.45) is 13.0 Å². The van der Waals surface area contributed by atoms with Gasteiger partial charge in [0.25, 0.3) is 0 Å². The van der Waals surface area contributed by atoms with Crippen molar-refractivity contribution in [1.82, 2.24) is 24.9 Å². The Balaban J connectivity index is 1.14. The number of carbonyl (C=O) groups excluding carboxylic acids is 2. The molecule has 4 fully saturated rings. The number of carboxylic acid groups (broad SMARTS) is 1. The lowest BCUT2D eigenvalue weighted by Crippen LogP contribution is -2.50. The van der Waals surface area contributed by atoms with Crippen LogP contribution in [0.3, 0.4) is 0 Å². The number of piperazine rings is 1. The molecule has 0 spiro atoms. The zero-order valence-corrected chi connectivity index (χ0v) is 20.0. The summed E-state index contributed by atoms with van der Waals surface area (Å²) in [6.07, 6.45) is 3.23. The Morgan fingerprint density at radius 2 is 1.94 bits per heavy atom. The van der Waals surface area contributed by atoms with E-state index in [4.69, 9.17) is 5.10 Å². The first-order chi connectivity index (χ1) is 16.9. The number of anilines is 1. The normalized spacial score (nSPS) is 27.7. The van der Waals surface area contributed by atoms with Gasteiger partial charge in [-0.1, -0.05) is 12.1 Å². The van der Waals surface area contributed by atoms with Crippen LogP contribution in [0.25, 0.3) is 10.9 Å². The molecule has 2 aromatic rings. The summed E-state index contributed by atoms with van der Waals surface area (Å²) in [7, 11) is 1.93. The molecule has 6 rings (SSSR count). The molecule has 35 heavy (non-hydrogen) atoms. The van der Waals surface area contributed by atoms with Crippen molar-refractivity contribution in [2.45, 2.75) is 50.1 Å². The number of likely N-dealkylation sites (tertiary alicyclic amines) is 2. The molecule has 2 N–H and O–H groups in total. The summed E-state index contributed by atoms with van der Waals surface area (Å²) in [5.74, 6) is -0.246. The van der Waals surface area contributed by atoms with Gasteiger partial charge >= 0.3 is 6.09 Å². The van der Waals surface area contributed by atoms with E-state index in [9.17, 15) is 19.5 Å². The van der Waals surface area contributed by atoms with Crippen LogP contribution in [0.2, 0.25) is 0 Å². The molecule has 3 amide bonds. The lowest BCUT2D eigenvalue weighted by molar-refractivity contribution is -0.134. The van der Waals surface area contributed by atoms with Crippen molar-refractivity contribution in [2.75, 3.05) is 37.6 Å². The Morgan fingerprint density at radius 1 is 1.14 bits per heavy atom. The first kappa shape index (κ1) is 22.3. The number of amides is 3. The predicted octanol–water partition coefficient (Wildman–Crippen LogP) is 1.75. The summed E-state index contributed by atoms with van der Waals surface area (Å²) in [4.78, 5) is 42.0. The molecular formula is C25H32N6O4. The van der Waals surface area contributed by atoms with Crippen LogP contribution in [0, 0.1) is 5.92 Å². The molecule has 186 valence electrons. The van der Waals surface area contributed by atoms with E-state index >= 15 is 0 Å². The van der Waals surface area contributed by atoms with Crippen LogP contribution in [0.15, 0.2) is 18.2 Å². The lowest BCUT2D eigenvalue weighted by atomic mass is 9.92. The minimum atomic E-state index is -0.782. The van der Waals surface area contributed by atoms with E-state index in [1.54, 1.807) is 4.90 Å². The third-order valence-electron chi connectivity index (χ3n) is 8.49. The Hall–Kier alpha value is -3.14. The van der Waals surface area contributed by atoms with Gasteiger partial charge in [0.15, 0.2) is 0 Å². The molecule has 3 atom stereocenters. The molecule has 0 saturated carbocycles. The van der Waals surface area contributed by atoms with Crippen molar-refractivity contribution in [3.63, 3.8) is 0 Å². The van der Waals surface area contributed by atoms with Gasteiger partial charge in [0, 0.05) is 63.7 Å². The fourth-order valence-corrected chi connectivity index (χ4v) is 6.71.